The van der Waals surface area contributed by atoms with Crippen molar-refractivity contribution in [3.8, 4) is 35.5 Å². The lowest BCUT2D eigenvalue weighted by Crippen LogP contribution is -1.60. The van der Waals surface area contributed by atoms with Gasteiger partial charge < -0.3 is 0 Å². The summed E-state index contributed by atoms with van der Waals surface area (Å²) >= 11 is 0. The second-order valence-electron chi connectivity index (χ2n) is 1.56. The van der Waals surface area contributed by atoms with Gasteiger partial charge in [-0.2, -0.15) is 0 Å². The maximum absolute atomic E-state index is 2.90. The number of hydrogen-bond acceptors (Lipinski definition) is 0. The molecular formula is C10H10. The molecule has 0 spiro atoms. The van der Waals surface area contributed by atoms with Gasteiger partial charge in [-0.05, 0) is 13.8 Å². The van der Waals surface area contributed by atoms with Crippen LogP contribution in [0.15, 0.2) is 0 Å². The van der Waals surface area contributed by atoms with Crippen LogP contribution >= 0.6 is 0 Å². The second-order valence-corrected chi connectivity index (χ2v) is 1.56. The molecule has 0 aliphatic carbocycles. The zero-order valence-electron chi connectivity index (χ0n) is 6.41. The van der Waals surface area contributed by atoms with E-state index in [0.717, 1.165) is 0 Å². The van der Waals surface area contributed by atoms with Crippen LogP contribution in [0.25, 0.3) is 0 Å². The molecule has 0 bridgehead atoms. The van der Waals surface area contributed by atoms with Gasteiger partial charge in [0.2, 0.25) is 0 Å². The summed E-state index contributed by atoms with van der Waals surface area (Å²) in [6, 6.07) is 0. The fraction of sp³-hybridized carbons (Fsp3) is 0.400. The molecule has 0 fully saturated rings. The highest BCUT2D eigenvalue weighted by molar-refractivity contribution is 5.14. The van der Waals surface area contributed by atoms with Crippen LogP contribution in [0.1, 0.15) is 26.7 Å². The molecule has 0 amide bonds. The normalized spacial score (nSPS) is 5.40. The third kappa shape index (κ3) is 6.68. The molecule has 0 aliphatic heterocycles. The standard InChI is InChI=1S/C10H10/c1-3-5-7-9-10-8-6-4-2/h7-8H2,1-2H3. The first-order valence-electron chi connectivity index (χ1n) is 3.16. The largest absolute Gasteiger partial charge is 0.106 e. The van der Waals surface area contributed by atoms with Crippen molar-refractivity contribution in [2.45, 2.75) is 26.7 Å². The van der Waals surface area contributed by atoms with Crippen molar-refractivity contribution in [3.05, 3.63) is 0 Å². The Morgan fingerprint density at radius 2 is 1.10 bits per heavy atom. The molecule has 0 nitrogen and oxygen atoms in total. The molecule has 0 N–H and O–H groups in total. The molecule has 0 heteroatoms. The molecule has 0 atom stereocenters. The van der Waals surface area contributed by atoms with Gasteiger partial charge in [-0.15, -0.1) is 11.8 Å². The molecule has 0 aliphatic rings. The Bertz CT molecular complexity index is 213. The van der Waals surface area contributed by atoms with Crippen LogP contribution < -0.4 is 0 Å². The summed E-state index contributed by atoms with van der Waals surface area (Å²) in [5, 5.41) is 0. The smallest absolute Gasteiger partial charge is 0.0702 e. The summed E-state index contributed by atoms with van der Waals surface area (Å²) in [5.74, 6) is 17.0. The Hall–Kier alpha value is -1.32. The number of rotatable bonds is 0. The molecule has 0 aromatic rings. The predicted molar refractivity (Wildman–Crippen MR) is 43.9 cm³/mol. The van der Waals surface area contributed by atoms with E-state index in [2.05, 4.69) is 35.5 Å². The first-order valence-corrected chi connectivity index (χ1v) is 3.16. The first-order chi connectivity index (χ1) is 4.91. The van der Waals surface area contributed by atoms with E-state index in [9.17, 15) is 0 Å². The predicted octanol–water partition coefficient (Wildman–Crippen LogP) is 1.82. The van der Waals surface area contributed by atoms with Crippen molar-refractivity contribution in [1.29, 1.82) is 0 Å². The third-order valence-corrected chi connectivity index (χ3v) is 0.832. The molecule has 10 heavy (non-hydrogen) atoms. The van der Waals surface area contributed by atoms with Gasteiger partial charge in [0.05, 0.1) is 12.8 Å². The van der Waals surface area contributed by atoms with Crippen LogP contribution in [0.4, 0.5) is 0 Å². The van der Waals surface area contributed by atoms with Crippen LogP contribution in [0.2, 0.25) is 0 Å². The van der Waals surface area contributed by atoms with Gasteiger partial charge >= 0.3 is 0 Å². The van der Waals surface area contributed by atoms with Crippen molar-refractivity contribution in [2.75, 3.05) is 0 Å². The summed E-state index contributed by atoms with van der Waals surface area (Å²) in [6.07, 6.45) is 1.34. The second kappa shape index (κ2) is 7.68. The lowest BCUT2D eigenvalue weighted by molar-refractivity contribution is 1.49. The van der Waals surface area contributed by atoms with Crippen molar-refractivity contribution in [1.82, 2.24) is 0 Å². The van der Waals surface area contributed by atoms with Crippen molar-refractivity contribution in [3.63, 3.8) is 0 Å². The van der Waals surface area contributed by atoms with E-state index in [1.807, 2.05) is 13.8 Å². The van der Waals surface area contributed by atoms with E-state index in [1.54, 1.807) is 0 Å². The third-order valence-electron chi connectivity index (χ3n) is 0.832. The summed E-state index contributed by atoms with van der Waals surface area (Å²) in [5.41, 5.74) is 0. The topological polar surface area (TPSA) is 0 Å². The van der Waals surface area contributed by atoms with Crippen LogP contribution in [0.3, 0.4) is 0 Å². The van der Waals surface area contributed by atoms with E-state index >= 15 is 0 Å². The van der Waals surface area contributed by atoms with Gasteiger partial charge in [-0.3, -0.25) is 0 Å². The van der Waals surface area contributed by atoms with Crippen LogP contribution in [0.5, 0.6) is 0 Å². The SMILES string of the molecule is CC#CCC#CCC#CC. The van der Waals surface area contributed by atoms with Crippen molar-refractivity contribution >= 4 is 0 Å². The molecule has 0 aromatic carbocycles. The molecule has 0 radical (unpaired) electrons. The summed E-state index contributed by atoms with van der Waals surface area (Å²) in [7, 11) is 0. The Morgan fingerprint density at radius 1 is 0.700 bits per heavy atom. The van der Waals surface area contributed by atoms with Gasteiger partial charge in [0.15, 0.2) is 0 Å². The minimum absolute atomic E-state index is 0.669. The fourth-order valence-electron chi connectivity index (χ4n) is 0.390. The highest BCUT2D eigenvalue weighted by Gasteiger charge is 1.64. The van der Waals surface area contributed by atoms with Crippen LogP contribution in [-0.4, -0.2) is 0 Å². The summed E-state index contributed by atoms with van der Waals surface area (Å²) in [4.78, 5) is 0. The summed E-state index contributed by atoms with van der Waals surface area (Å²) < 4.78 is 0. The highest BCUT2D eigenvalue weighted by atomic mass is 13.7. The van der Waals surface area contributed by atoms with Crippen LogP contribution in [-0.2, 0) is 0 Å². The summed E-state index contributed by atoms with van der Waals surface area (Å²) in [6.45, 7) is 3.63. The molecule has 0 heterocycles. The monoisotopic (exact) mass is 130 g/mol. The quantitative estimate of drug-likeness (QED) is 0.439. The van der Waals surface area contributed by atoms with Gasteiger partial charge in [0.25, 0.3) is 0 Å². The Kier molecular flexibility index (Phi) is 6.67. The van der Waals surface area contributed by atoms with Crippen molar-refractivity contribution < 1.29 is 0 Å². The molecule has 0 aromatic heterocycles. The molecule has 0 rings (SSSR count). The van der Waals surface area contributed by atoms with Gasteiger partial charge in [-0.25, -0.2) is 0 Å². The molecule has 50 valence electrons. The van der Waals surface area contributed by atoms with Gasteiger partial charge in [-0.1, -0.05) is 23.7 Å². The van der Waals surface area contributed by atoms with E-state index in [0.29, 0.717) is 12.8 Å². The fourth-order valence-corrected chi connectivity index (χ4v) is 0.390. The zero-order chi connectivity index (χ0) is 7.66. The van der Waals surface area contributed by atoms with E-state index in [4.69, 9.17) is 0 Å². The lowest BCUT2D eigenvalue weighted by atomic mass is 10.3. The average molecular weight is 130 g/mol. The zero-order valence-corrected chi connectivity index (χ0v) is 6.41. The Morgan fingerprint density at radius 3 is 1.40 bits per heavy atom. The molecular weight excluding hydrogens is 120 g/mol. The maximum atomic E-state index is 2.90. The Balaban J connectivity index is 3.44. The van der Waals surface area contributed by atoms with E-state index in [-0.39, 0.29) is 0 Å². The average Bonchev–Trinajstić information content (AvgIpc) is 1.97. The van der Waals surface area contributed by atoms with Crippen molar-refractivity contribution in [2.24, 2.45) is 0 Å². The van der Waals surface area contributed by atoms with Crippen LogP contribution in [0, 0.1) is 35.5 Å². The van der Waals surface area contributed by atoms with E-state index in [1.165, 1.54) is 0 Å². The highest BCUT2D eigenvalue weighted by Crippen LogP contribution is 1.73. The van der Waals surface area contributed by atoms with Gasteiger partial charge in [0, 0.05) is 0 Å². The van der Waals surface area contributed by atoms with Gasteiger partial charge in [0.1, 0.15) is 0 Å². The lowest BCUT2D eigenvalue weighted by Gasteiger charge is -1.69. The van der Waals surface area contributed by atoms with E-state index < -0.39 is 0 Å². The molecule has 0 saturated carbocycles. The molecule has 0 unspecified atom stereocenters. The Labute approximate surface area is 63.0 Å². The number of hydrogen-bond donors (Lipinski definition) is 0. The minimum atomic E-state index is 0.669. The maximum Gasteiger partial charge on any atom is 0.0702 e. The first kappa shape index (κ1) is 8.68. The minimum Gasteiger partial charge on any atom is -0.106 e. The molecule has 0 saturated heterocycles.